The molecule has 0 atom stereocenters. The van der Waals surface area contributed by atoms with E-state index in [1.54, 1.807) is 69.3 Å². The molecule has 0 aromatic heterocycles. The average molecular weight is 713 g/mol. The number of rotatable bonds is 2. The number of nitrogen functional groups attached to an aromatic ring is 2. The van der Waals surface area contributed by atoms with Crippen molar-refractivity contribution in [2.75, 3.05) is 22.1 Å². The summed E-state index contributed by atoms with van der Waals surface area (Å²) in [5.41, 5.74) is 11.6. The topological polar surface area (TPSA) is 110 Å². The SMILES string of the molecule is CC(C)(C)C(=O)Nc1ccccc1Cl.Nc1ccccc1Cl.[2H]C([2H])([2H])c1cccc(Cl)c1N.[2H]C([2H])([2H])c1cccc(Cl)c1NC(=O)C(C)(C)C. The third-order valence-corrected chi connectivity index (χ3v) is 7.01. The van der Waals surface area contributed by atoms with Gasteiger partial charge in [-0.25, -0.2) is 0 Å². The summed E-state index contributed by atoms with van der Waals surface area (Å²) in [4.78, 5) is 23.5. The largest absolute Gasteiger partial charge is 0.398 e. The van der Waals surface area contributed by atoms with Crippen molar-refractivity contribution in [1.82, 2.24) is 0 Å². The van der Waals surface area contributed by atoms with Crippen LogP contribution in [0.25, 0.3) is 0 Å². The second-order valence-corrected chi connectivity index (χ2v) is 13.4. The normalized spacial score (nSPS) is 13.0. The van der Waals surface area contributed by atoms with Gasteiger partial charge in [0.15, 0.2) is 0 Å². The molecule has 0 aliphatic carbocycles. The highest BCUT2D eigenvalue weighted by Crippen LogP contribution is 2.27. The molecule has 6 N–H and O–H groups in total. The van der Waals surface area contributed by atoms with Crippen LogP contribution in [0.2, 0.25) is 20.1 Å². The number of nitrogens with two attached hydrogens (primary N) is 2. The van der Waals surface area contributed by atoms with Crippen LogP contribution in [0.5, 0.6) is 0 Å². The molecular formula is C36H44Cl4N4O2. The Bertz CT molecular complexity index is 1780. The Morgan fingerprint density at radius 2 is 1.04 bits per heavy atom. The van der Waals surface area contributed by atoms with Gasteiger partial charge in [0.1, 0.15) is 0 Å². The van der Waals surface area contributed by atoms with Crippen molar-refractivity contribution in [3.63, 3.8) is 0 Å². The molecule has 10 heteroatoms. The fourth-order valence-electron chi connectivity index (χ4n) is 2.84. The Kier molecular flexibility index (Phi) is 12.7. The fourth-order valence-corrected chi connectivity index (χ4v) is 3.55. The Balaban J connectivity index is 0.000000359. The third kappa shape index (κ3) is 14.3. The average Bonchev–Trinajstić information content (AvgIpc) is 3.01. The van der Waals surface area contributed by atoms with Crippen molar-refractivity contribution in [2.24, 2.45) is 10.8 Å². The van der Waals surface area contributed by atoms with Gasteiger partial charge in [-0.2, -0.15) is 0 Å². The van der Waals surface area contributed by atoms with Gasteiger partial charge in [-0.05, 0) is 61.2 Å². The zero-order chi connectivity index (χ0) is 40.2. The van der Waals surface area contributed by atoms with E-state index in [1.165, 1.54) is 12.1 Å². The van der Waals surface area contributed by atoms with E-state index in [2.05, 4.69) is 10.6 Å². The summed E-state index contributed by atoms with van der Waals surface area (Å²) >= 11 is 23.1. The summed E-state index contributed by atoms with van der Waals surface area (Å²) in [7, 11) is 0. The molecule has 6 nitrogen and oxygen atoms in total. The van der Waals surface area contributed by atoms with Crippen LogP contribution in [0.1, 0.15) is 60.9 Å². The number of halogens is 4. The minimum absolute atomic E-state index is 0.0365. The fraction of sp³-hybridized carbons (Fsp3) is 0.278. The first kappa shape index (κ1) is 31.2. The van der Waals surface area contributed by atoms with Gasteiger partial charge in [0.2, 0.25) is 11.8 Å². The van der Waals surface area contributed by atoms with E-state index < -0.39 is 24.5 Å². The first-order chi connectivity index (χ1) is 23.7. The summed E-state index contributed by atoms with van der Waals surface area (Å²) in [6.07, 6.45) is 0. The number of hydrogen-bond acceptors (Lipinski definition) is 4. The second-order valence-electron chi connectivity index (χ2n) is 11.8. The lowest BCUT2D eigenvalue weighted by atomic mass is 9.95. The zero-order valence-electron chi connectivity index (χ0n) is 32.6. The van der Waals surface area contributed by atoms with Crippen LogP contribution in [0.4, 0.5) is 22.7 Å². The van der Waals surface area contributed by atoms with Gasteiger partial charge in [-0.1, -0.05) is 136 Å². The summed E-state index contributed by atoms with van der Waals surface area (Å²) < 4.78 is 43.6. The van der Waals surface area contributed by atoms with Crippen molar-refractivity contribution >= 4 is 81.0 Å². The monoisotopic (exact) mass is 710 g/mol. The molecule has 0 fully saturated rings. The van der Waals surface area contributed by atoms with Gasteiger partial charge in [0.05, 0.1) is 42.8 Å². The zero-order valence-corrected chi connectivity index (χ0v) is 29.6. The number of aryl methyl sites for hydroxylation is 2. The van der Waals surface area contributed by atoms with Gasteiger partial charge in [0, 0.05) is 19.1 Å². The van der Waals surface area contributed by atoms with E-state index in [0.29, 0.717) is 21.4 Å². The first-order valence-corrected chi connectivity index (χ1v) is 15.4. The number of nitrogens with one attached hydrogen (secondary N) is 2. The van der Waals surface area contributed by atoms with Crippen LogP contribution in [-0.4, -0.2) is 11.8 Å². The summed E-state index contributed by atoms with van der Waals surface area (Å²) in [5, 5.41) is 7.06. The third-order valence-electron chi connectivity index (χ3n) is 5.69. The number of benzene rings is 4. The van der Waals surface area contributed by atoms with E-state index in [0.717, 1.165) is 0 Å². The van der Waals surface area contributed by atoms with E-state index in [9.17, 15) is 9.59 Å². The lowest BCUT2D eigenvalue weighted by Gasteiger charge is -2.19. The van der Waals surface area contributed by atoms with Crippen molar-refractivity contribution in [2.45, 2.75) is 55.2 Å². The molecule has 0 saturated carbocycles. The van der Waals surface area contributed by atoms with Crippen LogP contribution in [0, 0.1) is 24.5 Å². The van der Waals surface area contributed by atoms with E-state index >= 15 is 0 Å². The number of hydrogen-bond donors (Lipinski definition) is 4. The molecular weight excluding hydrogens is 662 g/mol. The number of carbonyl (C=O) groups is 2. The van der Waals surface area contributed by atoms with E-state index in [-0.39, 0.29) is 44.4 Å². The highest BCUT2D eigenvalue weighted by molar-refractivity contribution is 6.34. The Morgan fingerprint density at radius 1 is 0.587 bits per heavy atom. The Labute approximate surface area is 302 Å². The van der Waals surface area contributed by atoms with Crippen molar-refractivity contribution in [1.29, 1.82) is 0 Å². The summed E-state index contributed by atoms with van der Waals surface area (Å²) in [6.45, 7) is 6.31. The van der Waals surface area contributed by atoms with Crippen LogP contribution in [0.15, 0.2) is 84.9 Å². The molecule has 0 heterocycles. The van der Waals surface area contributed by atoms with Crippen molar-refractivity contribution in [3.8, 4) is 0 Å². The summed E-state index contributed by atoms with van der Waals surface area (Å²) in [5.74, 6) is -0.313. The van der Waals surface area contributed by atoms with Crippen LogP contribution in [-0.2, 0) is 9.59 Å². The lowest BCUT2D eigenvalue weighted by Crippen LogP contribution is -2.28. The van der Waals surface area contributed by atoms with Gasteiger partial charge in [-0.15, -0.1) is 0 Å². The molecule has 4 aromatic carbocycles. The van der Waals surface area contributed by atoms with E-state index in [1.807, 2.05) is 45.0 Å². The quantitative estimate of drug-likeness (QED) is 0.155. The van der Waals surface area contributed by atoms with Gasteiger partial charge >= 0.3 is 0 Å². The predicted molar refractivity (Wildman–Crippen MR) is 200 cm³/mol. The minimum Gasteiger partial charge on any atom is -0.398 e. The van der Waals surface area contributed by atoms with Gasteiger partial charge in [-0.3, -0.25) is 9.59 Å². The second kappa shape index (κ2) is 18.7. The van der Waals surface area contributed by atoms with Crippen LogP contribution >= 0.6 is 46.4 Å². The molecule has 0 bridgehead atoms. The molecule has 4 aromatic rings. The molecule has 4 rings (SSSR count). The number of anilines is 4. The van der Waals surface area contributed by atoms with Crippen LogP contribution < -0.4 is 22.1 Å². The molecule has 248 valence electrons. The molecule has 46 heavy (non-hydrogen) atoms. The molecule has 2 amide bonds. The highest BCUT2D eigenvalue weighted by atomic mass is 35.5. The molecule has 0 aliphatic heterocycles. The number of para-hydroxylation sites is 4. The van der Waals surface area contributed by atoms with E-state index in [4.69, 9.17) is 66.1 Å². The number of carbonyl (C=O) groups excluding carboxylic acids is 2. The Morgan fingerprint density at radius 3 is 1.50 bits per heavy atom. The summed E-state index contributed by atoms with van der Waals surface area (Å²) in [6, 6.07) is 23.5. The highest BCUT2D eigenvalue weighted by Gasteiger charge is 2.23. The molecule has 0 radical (unpaired) electrons. The maximum atomic E-state index is 11.9. The Hall–Kier alpha value is -3.42. The smallest absolute Gasteiger partial charge is 0.229 e. The molecule has 0 saturated heterocycles. The standard InChI is InChI=1S/C12H16ClNO.C11H14ClNO.C7H8ClN.C6H6ClN/c1-8-6-5-7-9(13)10(8)14-11(15)12(2,3)4;1-11(2,3)10(14)13-9-7-5-4-6-8(9)12;1-5-3-2-4-6(8)7(5)9;7-5-3-1-2-4-6(5)8/h5-7H,1-4H3,(H,14,15);4-7H,1-3H3,(H,13,14);2-4H,9H2,1H3;1-4H,8H2/i1D3;;1D3;. The van der Waals surface area contributed by atoms with Gasteiger partial charge < -0.3 is 22.1 Å². The van der Waals surface area contributed by atoms with Crippen molar-refractivity contribution in [3.05, 3.63) is 116 Å². The van der Waals surface area contributed by atoms with Gasteiger partial charge in [0.25, 0.3) is 0 Å². The maximum absolute atomic E-state index is 11.9. The predicted octanol–water partition coefficient (Wildman–Crippen LogP) is 11.1. The molecule has 0 unspecified atom stereocenters. The van der Waals surface area contributed by atoms with Crippen LogP contribution in [0.3, 0.4) is 0 Å². The first-order valence-electron chi connectivity index (χ1n) is 16.9. The minimum atomic E-state index is -2.31. The van der Waals surface area contributed by atoms with Crippen molar-refractivity contribution < 1.29 is 17.8 Å². The number of amides is 2. The molecule has 0 aliphatic rings. The molecule has 0 spiro atoms. The lowest BCUT2D eigenvalue weighted by molar-refractivity contribution is -0.123. The maximum Gasteiger partial charge on any atom is 0.229 e.